The lowest BCUT2D eigenvalue weighted by Crippen LogP contribution is -2.12. The molecule has 0 bridgehead atoms. The minimum absolute atomic E-state index is 0.0315. The van der Waals surface area contributed by atoms with E-state index in [-0.39, 0.29) is 21.7 Å². The van der Waals surface area contributed by atoms with E-state index in [0.717, 1.165) is 50.5 Å². The molecule has 0 amide bonds. The van der Waals surface area contributed by atoms with Gasteiger partial charge in [-0.3, -0.25) is 0 Å². The normalized spacial score (nSPS) is 12.6. The van der Waals surface area contributed by atoms with Gasteiger partial charge < -0.3 is 14.0 Å². The molecule has 0 fully saturated rings. The van der Waals surface area contributed by atoms with E-state index < -0.39 is 0 Å². The molecule has 7 aromatic carbocycles. The molecule has 9 aromatic rings. The fourth-order valence-electron chi connectivity index (χ4n) is 9.25. The minimum Gasteiger partial charge on any atom is -0.310 e. The van der Waals surface area contributed by atoms with Crippen molar-refractivity contribution in [1.82, 2.24) is 9.13 Å². The van der Waals surface area contributed by atoms with Crippen LogP contribution >= 0.6 is 0 Å². The molecular weight excluding hydrogens is 791 g/mol. The maximum atomic E-state index is 9.84. The van der Waals surface area contributed by atoms with Gasteiger partial charge in [0.25, 0.3) is 0 Å². The van der Waals surface area contributed by atoms with Crippen LogP contribution in [0.5, 0.6) is 0 Å². The quantitative estimate of drug-likeness (QED) is 0.173. The Morgan fingerprint density at radius 1 is 0.338 bits per heavy atom. The first-order valence-corrected chi connectivity index (χ1v) is 22.8. The molecule has 0 aliphatic rings. The summed E-state index contributed by atoms with van der Waals surface area (Å²) in [7, 11) is 0. The summed E-state index contributed by atoms with van der Waals surface area (Å²) in [6.45, 7) is 27.4. The zero-order chi connectivity index (χ0) is 46.4. The molecule has 324 valence electrons. The number of fused-ring (bicyclic) bond motifs is 6. The number of aromatic nitrogens is 2. The van der Waals surface area contributed by atoms with Gasteiger partial charge in [-0.25, -0.2) is 0 Å². The highest BCUT2D eigenvalue weighted by Crippen LogP contribution is 2.44. The minimum atomic E-state index is -0.0315. The standard InChI is InChI=1S/C60H59N5/c1-57(2,3)40-17-25-53-49(29-40)50-30-41(58(4,5)6)18-26-54(50)64(53)47-33-46(63(44-21-13-38(36-61)14-22-44)45-23-15-39(37-62)16-24-45)34-48(35-47)65-55-27-19-42(59(7,8)9)31-51(55)52-32-43(60(10,11)12)20-28-56(52)65/h13-35H,1-12H3. The van der Waals surface area contributed by atoms with Crippen molar-refractivity contribution in [2.45, 2.75) is 105 Å². The van der Waals surface area contributed by atoms with Gasteiger partial charge in [-0.2, -0.15) is 10.5 Å². The molecule has 0 unspecified atom stereocenters. The molecule has 0 atom stereocenters. The molecule has 0 aliphatic heterocycles. The second-order valence-corrected chi connectivity index (χ2v) is 22.0. The Morgan fingerprint density at radius 3 is 0.862 bits per heavy atom. The first kappa shape index (κ1) is 43.2. The Labute approximate surface area is 384 Å². The molecular formula is C60H59N5. The molecule has 0 radical (unpaired) electrons. The van der Waals surface area contributed by atoms with E-state index in [0.29, 0.717) is 11.1 Å². The van der Waals surface area contributed by atoms with E-state index in [4.69, 9.17) is 0 Å². The third-order valence-corrected chi connectivity index (χ3v) is 13.2. The number of hydrogen-bond donors (Lipinski definition) is 0. The average molecular weight is 850 g/mol. The molecule has 2 heterocycles. The summed E-state index contributed by atoms with van der Waals surface area (Å²) in [6.07, 6.45) is 0. The first-order valence-electron chi connectivity index (χ1n) is 22.8. The van der Waals surface area contributed by atoms with Crippen LogP contribution in [0.15, 0.2) is 140 Å². The van der Waals surface area contributed by atoms with Gasteiger partial charge in [0.15, 0.2) is 0 Å². The number of rotatable bonds is 5. The second kappa shape index (κ2) is 15.3. The van der Waals surface area contributed by atoms with Crippen molar-refractivity contribution < 1.29 is 0 Å². The number of nitriles is 2. The zero-order valence-electron chi connectivity index (χ0n) is 40.0. The van der Waals surface area contributed by atoms with Crippen molar-refractivity contribution in [3.63, 3.8) is 0 Å². The van der Waals surface area contributed by atoms with Crippen LogP contribution < -0.4 is 4.90 Å². The third-order valence-electron chi connectivity index (χ3n) is 13.2. The zero-order valence-corrected chi connectivity index (χ0v) is 40.0. The summed E-state index contributed by atoms with van der Waals surface area (Å²) in [5, 5.41) is 24.6. The maximum absolute atomic E-state index is 9.84. The highest BCUT2D eigenvalue weighted by Gasteiger charge is 2.25. The predicted molar refractivity (Wildman–Crippen MR) is 274 cm³/mol. The fraction of sp³-hybridized carbons (Fsp3) is 0.267. The Bertz CT molecular complexity index is 3040. The van der Waals surface area contributed by atoms with E-state index in [1.165, 1.54) is 43.8 Å². The van der Waals surface area contributed by atoms with E-state index in [2.05, 4.69) is 200 Å². The Balaban J connectivity index is 1.43. The highest BCUT2D eigenvalue weighted by atomic mass is 15.1. The van der Waals surface area contributed by atoms with Gasteiger partial charge in [-0.1, -0.05) is 107 Å². The van der Waals surface area contributed by atoms with Gasteiger partial charge in [0.05, 0.1) is 62.4 Å². The van der Waals surface area contributed by atoms with Gasteiger partial charge in [0.1, 0.15) is 0 Å². The van der Waals surface area contributed by atoms with Crippen molar-refractivity contribution in [3.05, 3.63) is 173 Å². The summed E-state index contributed by atoms with van der Waals surface area (Å²) >= 11 is 0. The fourth-order valence-corrected chi connectivity index (χ4v) is 9.25. The molecule has 0 aliphatic carbocycles. The third kappa shape index (κ3) is 7.74. The Kier molecular flexibility index (Phi) is 10.2. The first-order chi connectivity index (χ1) is 30.6. The monoisotopic (exact) mass is 849 g/mol. The van der Waals surface area contributed by atoms with Crippen molar-refractivity contribution in [2.75, 3.05) is 4.90 Å². The van der Waals surface area contributed by atoms with Gasteiger partial charge >= 0.3 is 0 Å². The second-order valence-electron chi connectivity index (χ2n) is 22.0. The molecule has 0 saturated heterocycles. The van der Waals surface area contributed by atoms with Gasteiger partial charge in [-0.05, 0) is 159 Å². The lowest BCUT2D eigenvalue weighted by Gasteiger charge is -2.27. The van der Waals surface area contributed by atoms with Crippen LogP contribution in [0.3, 0.4) is 0 Å². The lowest BCUT2D eigenvalue weighted by molar-refractivity contribution is 0.590. The smallest absolute Gasteiger partial charge is 0.0991 e. The van der Waals surface area contributed by atoms with Crippen molar-refractivity contribution in [1.29, 1.82) is 10.5 Å². The average Bonchev–Trinajstić information content (AvgIpc) is 3.77. The van der Waals surface area contributed by atoms with E-state index in [9.17, 15) is 10.5 Å². The molecule has 65 heavy (non-hydrogen) atoms. The number of anilines is 3. The highest BCUT2D eigenvalue weighted by molar-refractivity contribution is 6.11. The number of hydrogen-bond acceptors (Lipinski definition) is 3. The summed E-state index contributed by atoms with van der Waals surface area (Å²) in [5.41, 5.74) is 15.5. The summed E-state index contributed by atoms with van der Waals surface area (Å²) in [4.78, 5) is 2.24. The lowest BCUT2D eigenvalue weighted by atomic mass is 9.85. The van der Waals surface area contributed by atoms with Crippen LogP contribution in [0.1, 0.15) is 116 Å². The van der Waals surface area contributed by atoms with Gasteiger partial charge in [0.2, 0.25) is 0 Å². The summed E-state index contributed by atoms with van der Waals surface area (Å²) in [6, 6.07) is 55.0. The SMILES string of the molecule is CC(C)(C)c1ccc2c(c1)c1cc(C(C)(C)C)ccc1n2-c1cc(N(c2ccc(C#N)cc2)c2ccc(C#N)cc2)cc(-n2c3ccc(C(C)(C)C)cc3c3cc(C(C)(C)C)ccc32)c1. The number of nitrogens with zero attached hydrogens (tertiary/aromatic N) is 5. The van der Waals surface area contributed by atoms with Gasteiger partial charge in [-0.15, -0.1) is 0 Å². The molecule has 5 heteroatoms. The largest absolute Gasteiger partial charge is 0.310 e. The van der Waals surface area contributed by atoms with Crippen molar-refractivity contribution >= 4 is 60.7 Å². The summed E-state index contributed by atoms with van der Waals surface area (Å²) in [5.74, 6) is 0. The van der Waals surface area contributed by atoms with Crippen LogP contribution in [0, 0.1) is 22.7 Å². The number of benzene rings is 7. The molecule has 9 rings (SSSR count). The Morgan fingerprint density at radius 2 is 0.615 bits per heavy atom. The van der Waals surface area contributed by atoms with E-state index >= 15 is 0 Å². The van der Waals surface area contributed by atoms with Gasteiger partial charge in [0, 0.05) is 32.9 Å². The maximum Gasteiger partial charge on any atom is 0.0991 e. The van der Waals surface area contributed by atoms with E-state index in [1.54, 1.807) is 0 Å². The molecule has 0 spiro atoms. The predicted octanol–water partition coefficient (Wildman–Crippen LogP) is 16.3. The van der Waals surface area contributed by atoms with Crippen LogP contribution in [0.4, 0.5) is 17.1 Å². The van der Waals surface area contributed by atoms with Crippen molar-refractivity contribution in [3.8, 4) is 23.5 Å². The van der Waals surface area contributed by atoms with Crippen molar-refractivity contribution in [2.24, 2.45) is 0 Å². The molecule has 0 N–H and O–H groups in total. The molecule has 2 aromatic heterocycles. The summed E-state index contributed by atoms with van der Waals surface area (Å²) < 4.78 is 4.88. The molecule has 0 saturated carbocycles. The van der Waals surface area contributed by atoms with Crippen LogP contribution in [-0.4, -0.2) is 9.13 Å². The van der Waals surface area contributed by atoms with E-state index in [1.807, 2.05) is 48.5 Å². The molecule has 5 nitrogen and oxygen atoms in total. The van der Waals surface area contributed by atoms with Crippen LogP contribution in [0.2, 0.25) is 0 Å². The van der Waals surface area contributed by atoms with Crippen LogP contribution in [0.25, 0.3) is 55.0 Å². The topological polar surface area (TPSA) is 60.7 Å². The Hall–Kier alpha value is -7.08. The van der Waals surface area contributed by atoms with Crippen LogP contribution in [-0.2, 0) is 21.7 Å².